The predicted molar refractivity (Wildman–Crippen MR) is 88.9 cm³/mol. The second kappa shape index (κ2) is 8.78. The van der Waals surface area contributed by atoms with Crippen molar-refractivity contribution in [2.45, 2.75) is 32.2 Å². The number of piperidine rings is 1. The second-order valence-electron chi connectivity index (χ2n) is 6.26. The summed E-state index contributed by atoms with van der Waals surface area (Å²) in [5.41, 5.74) is 0.652. The number of benzene rings is 1. The molecule has 6 heteroatoms. The predicted octanol–water partition coefficient (Wildman–Crippen LogP) is 1.76. The summed E-state index contributed by atoms with van der Waals surface area (Å²) in [7, 11) is 1.58. The quantitative estimate of drug-likeness (QED) is 0.806. The number of rotatable bonds is 6. The lowest BCUT2D eigenvalue weighted by molar-refractivity contribution is -0.137. The van der Waals surface area contributed by atoms with Gasteiger partial charge in [-0.2, -0.15) is 0 Å². The summed E-state index contributed by atoms with van der Waals surface area (Å²) in [6.07, 6.45) is 1.71. The molecular formula is C18H25FN2O3. The van der Waals surface area contributed by atoms with E-state index in [-0.39, 0.29) is 36.0 Å². The maximum atomic E-state index is 13.3. The Bertz CT molecular complexity index is 579. The minimum absolute atomic E-state index is 0.0393. The van der Waals surface area contributed by atoms with Crippen molar-refractivity contribution >= 4 is 11.8 Å². The molecular weight excluding hydrogens is 311 g/mol. The lowest BCUT2D eigenvalue weighted by atomic mass is 9.92. The molecule has 1 aromatic carbocycles. The van der Waals surface area contributed by atoms with Gasteiger partial charge in [-0.1, -0.05) is 12.1 Å². The lowest BCUT2D eigenvalue weighted by Gasteiger charge is -2.37. The minimum atomic E-state index is -0.345. The molecule has 132 valence electrons. The zero-order valence-electron chi connectivity index (χ0n) is 14.3. The molecule has 1 aliphatic rings. The normalized spacial score (nSPS) is 20.7. The van der Waals surface area contributed by atoms with Gasteiger partial charge < -0.3 is 15.0 Å². The fourth-order valence-corrected chi connectivity index (χ4v) is 3.01. The van der Waals surface area contributed by atoms with E-state index in [1.54, 1.807) is 24.1 Å². The van der Waals surface area contributed by atoms with Crippen LogP contribution in [0.4, 0.5) is 4.39 Å². The van der Waals surface area contributed by atoms with Crippen LogP contribution in [0.2, 0.25) is 0 Å². The van der Waals surface area contributed by atoms with Gasteiger partial charge in [0.1, 0.15) is 5.82 Å². The van der Waals surface area contributed by atoms with E-state index in [1.807, 2.05) is 6.92 Å². The van der Waals surface area contributed by atoms with Gasteiger partial charge in [0.15, 0.2) is 0 Å². The number of nitrogens with zero attached hydrogens (tertiary/aromatic N) is 1. The molecule has 0 radical (unpaired) electrons. The average Bonchev–Trinajstić information content (AvgIpc) is 2.55. The molecule has 2 atom stereocenters. The Morgan fingerprint density at radius 2 is 2.17 bits per heavy atom. The van der Waals surface area contributed by atoms with Crippen molar-refractivity contribution in [3.05, 3.63) is 35.6 Å². The number of halogens is 1. The fraction of sp³-hybridized carbons (Fsp3) is 0.556. The third-order valence-corrected chi connectivity index (χ3v) is 4.42. The molecule has 1 fully saturated rings. The standard InChI is InChI=1S/C18H25FN2O3/c1-13-6-7-15(18(23)20-8-9-24-2)12-21(13)17(22)11-14-4-3-5-16(19)10-14/h3-5,10,13,15H,6-9,11-12H2,1-2H3,(H,20,23)/t13-,15+/m1/s1. The van der Waals surface area contributed by atoms with Gasteiger partial charge in [-0.25, -0.2) is 4.39 Å². The molecule has 2 rings (SSSR count). The smallest absolute Gasteiger partial charge is 0.227 e. The van der Waals surface area contributed by atoms with E-state index in [9.17, 15) is 14.0 Å². The highest BCUT2D eigenvalue weighted by Crippen LogP contribution is 2.23. The highest BCUT2D eigenvalue weighted by atomic mass is 19.1. The molecule has 0 unspecified atom stereocenters. The van der Waals surface area contributed by atoms with Gasteiger partial charge in [0.25, 0.3) is 0 Å². The molecule has 1 N–H and O–H groups in total. The van der Waals surface area contributed by atoms with E-state index >= 15 is 0 Å². The highest BCUT2D eigenvalue weighted by Gasteiger charge is 2.32. The number of likely N-dealkylation sites (tertiary alicyclic amines) is 1. The molecule has 0 spiro atoms. The van der Waals surface area contributed by atoms with Crippen molar-refractivity contribution in [3.8, 4) is 0 Å². The fourth-order valence-electron chi connectivity index (χ4n) is 3.01. The van der Waals surface area contributed by atoms with E-state index < -0.39 is 0 Å². The number of carbonyl (C=O) groups is 2. The summed E-state index contributed by atoms with van der Waals surface area (Å²) in [6.45, 7) is 3.34. The van der Waals surface area contributed by atoms with Gasteiger partial charge in [-0.3, -0.25) is 9.59 Å². The number of methoxy groups -OCH3 is 1. The summed E-state index contributed by atoms with van der Waals surface area (Å²) >= 11 is 0. The Labute approximate surface area is 142 Å². The topological polar surface area (TPSA) is 58.6 Å². The van der Waals surface area contributed by atoms with Crippen molar-refractivity contribution in [1.29, 1.82) is 0 Å². The minimum Gasteiger partial charge on any atom is -0.383 e. The van der Waals surface area contributed by atoms with Crippen LogP contribution in [0.25, 0.3) is 0 Å². The Morgan fingerprint density at radius 1 is 1.38 bits per heavy atom. The Morgan fingerprint density at radius 3 is 2.88 bits per heavy atom. The van der Waals surface area contributed by atoms with Crippen LogP contribution in [0, 0.1) is 11.7 Å². The molecule has 2 amide bonds. The molecule has 1 saturated heterocycles. The average molecular weight is 336 g/mol. The van der Waals surface area contributed by atoms with Crippen LogP contribution in [0.1, 0.15) is 25.3 Å². The molecule has 1 aliphatic heterocycles. The zero-order valence-corrected chi connectivity index (χ0v) is 14.3. The van der Waals surface area contributed by atoms with Gasteiger partial charge in [0.2, 0.25) is 11.8 Å². The molecule has 5 nitrogen and oxygen atoms in total. The van der Waals surface area contributed by atoms with Crippen molar-refractivity contribution in [2.24, 2.45) is 5.92 Å². The van der Waals surface area contributed by atoms with Gasteiger partial charge in [0.05, 0.1) is 18.9 Å². The SMILES string of the molecule is COCCNC(=O)[C@H]1CC[C@@H](C)N(C(=O)Cc2cccc(F)c2)C1. The van der Waals surface area contributed by atoms with Crippen LogP contribution in [0.3, 0.4) is 0 Å². The third kappa shape index (κ3) is 5.03. The van der Waals surface area contributed by atoms with Crippen LogP contribution in [-0.2, 0) is 20.7 Å². The molecule has 0 aliphatic carbocycles. The Hall–Kier alpha value is -1.95. The number of hydrogen-bond acceptors (Lipinski definition) is 3. The number of nitrogens with one attached hydrogen (secondary N) is 1. The molecule has 1 aromatic rings. The van der Waals surface area contributed by atoms with E-state index in [4.69, 9.17) is 4.74 Å². The number of hydrogen-bond donors (Lipinski definition) is 1. The number of amides is 2. The second-order valence-corrected chi connectivity index (χ2v) is 6.26. The van der Waals surface area contributed by atoms with E-state index in [1.165, 1.54) is 12.1 Å². The van der Waals surface area contributed by atoms with E-state index in [0.717, 1.165) is 12.8 Å². The first-order valence-electron chi connectivity index (χ1n) is 8.31. The van der Waals surface area contributed by atoms with Crippen LogP contribution in [0.5, 0.6) is 0 Å². The van der Waals surface area contributed by atoms with E-state index in [2.05, 4.69) is 5.32 Å². The van der Waals surface area contributed by atoms with Gasteiger partial charge in [0, 0.05) is 26.2 Å². The Balaban J connectivity index is 1.94. The largest absolute Gasteiger partial charge is 0.383 e. The molecule has 24 heavy (non-hydrogen) atoms. The van der Waals surface area contributed by atoms with Crippen molar-refractivity contribution < 1.29 is 18.7 Å². The lowest BCUT2D eigenvalue weighted by Crippen LogP contribution is -2.50. The van der Waals surface area contributed by atoms with Gasteiger partial charge in [-0.05, 0) is 37.5 Å². The summed E-state index contributed by atoms with van der Waals surface area (Å²) < 4.78 is 18.2. The third-order valence-electron chi connectivity index (χ3n) is 4.42. The first kappa shape index (κ1) is 18.4. The monoisotopic (exact) mass is 336 g/mol. The summed E-state index contributed by atoms with van der Waals surface area (Å²) in [4.78, 5) is 26.5. The number of carbonyl (C=O) groups excluding carboxylic acids is 2. The van der Waals surface area contributed by atoms with Gasteiger partial charge in [-0.15, -0.1) is 0 Å². The maximum absolute atomic E-state index is 13.3. The van der Waals surface area contributed by atoms with Crippen LogP contribution >= 0.6 is 0 Å². The van der Waals surface area contributed by atoms with Crippen LogP contribution in [0.15, 0.2) is 24.3 Å². The summed E-state index contributed by atoms with van der Waals surface area (Å²) in [5, 5.41) is 2.83. The molecule has 0 bridgehead atoms. The van der Waals surface area contributed by atoms with Crippen molar-refractivity contribution in [3.63, 3.8) is 0 Å². The highest BCUT2D eigenvalue weighted by molar-refractivity contribution is 5.82. The Kier molecular flexibility index (Phi) is 6.73. The zero-order chi connectivity index (χ0) is 17.5. The van der Waals surface area contributed by atoms with Crippen LogP contribution in [-0.4, -0.2) is 49.6 Å². The molecule has 1 heterocycles. The summed E-state index contributed by atoms with van der Waals surface area (Å²) in [5.74, 6) is -0.651. The first-order chi connectivity index (χ1) is 11.5. The molecule has 0 aromatic heterocycles. The van der Waals surface area contributed by atoms with Crippen molar-refractivity contribution in [2.75, 3.05) is 26.8 Å². The first-order valence-corrected chi connectivity index (χ1v) is 8.31. The summed E-state index contributed by atoms with van der Waals surface area (Å²) in [6, 6.07) is 6.17. The molecule has 0 saturated carbocycles. The van der Waals surface area contributed by atoms with Gasteiger partial charge >= 0.3 is 0 Å². The number of ether oxygens (including phenoxy) is 1. The maximum Gasteiger partial charge on any atom is 0.227 e. The van der Waals surface area contributed by atoms with Crippen molar-refractivity contribution in [1.82, 2.24) is 10.2 Å². The van der Waals surface area contributed by atoms with Crippen LogP contribution < -0.4 is 5.32 Å². The van der Waals surface area contributed by atoms with E-state index in [0.29, 0.717) is 25.3 Å².